The SMILES string of the molecule is FC(F)(F)c1cc(OB(OP(OC2CCCC2)(c2ccccc2)(c2ccccc2)c2ccccc2)OP(OC2CCCC2)(c2ccccc2)(c2ccccc2)c2ccccc2)cc(C(F)(F)F)c1. The Labute approximate surface area is 393 Å². The topological polar surface area (TPSA) is 46.2 Å². The van der Waals surface area contributed by atoms with E-state index < -0.39 is 62.9 Å². The summed E-state index contributed by atoms with van der Waals surface area (Å²) in [5.41, 5.74) is -3.13. The van der Waals surface area contributed by atoms with E-state index in [9.17, 15) is 26.3 Å². The molecule has 0 heterocycles. The van der Waals surface area contributed by atoms with Crippen LogP contribution >= 0.6 is 14.1 Å². The van der Waals surface area contributed by atoms with Crippen molar-refractivity contribution in [2.24, 2.45) is 0 Å². The predicted octanol–water partition coefficient (Wildman–Crippen LogP) is 12.8. The second kappa shape index (κ2) is 19.2. The predicted molar refractivity (Wildman–Crippen MR) is 262 cm³/mol. The van der Waals surface area contributed by atoms with Gasteiger partial charge in [-0.05, 0) is 0 Å². The van der Waals surface area contributed by atoms with E-state index in [4.69, 9.17) is 22.6 Å². The molecule has 9 rings (SSSR count). The Hall–Kier alpha value is -5.32. The van der Waals surface area contributed by atoms with Gasteiger partial charge in [0.15, 0.2) is 0 Å². The molecular formula is C54H51BF6O5P2. The summed E-state index contributed by atoms with van der Waals surface area (Å²) >= 11 is 0. The van der Waals surface area contributed by atoms with Crippen molar-refractivity contribution < 1.29 is 48.9 Å². The standard InChI is InChI=1S/C54H51BF6O5P2/c56-53(57,58)42-39-43(54(59,60)61)41-46(40-42)62-55(65-67(47-27-7-1-8-28-47,48-29-9-2-10-30-48,49-31-11-3-12-32-49)63-44-23-19-20-24-44)66-68(50-33-13-4-14-34-50,51-35-15-5-16-36-51,52-37-17-6-18-38-52)64-45-25-21-22-26-45/h1-18,27-41,44-45H,19-26H2. The first-order valence-corrected chi connectivity index (χ1v) is 27.1. The van der Waals surface area contributed by atoms with Gasteiger partial charge in [-0.25, -0.2) is 0 Å². The van der Waals surface area contributed by atoms with Gasteiger partial charge in [-0.1, -0.05) is 0 Å². The molecule has 352 valence electrons. The van der Waals surface area contributed by atoms with Crippen molar-refractivity contribution in [3.8, 4) is 5.75 Å². The van der Waals surface area contributed by atoms with Crippen LogP contribution in [0.5, 0.6) is 5.75 Å². The molecule has 2 aliphatic rings. The maximum atomic E-state index is 14.8. The van der Waals surface area contributed by atoms with E-state index in [1.807, 2.05) is 182 Å². The van der Waals surface area contributed by atoms with Gasteiger partial charge in [-0.2, -0.15) is 0 Å². The second-order valence-corrected chi connectivity index (χ2v) is 25.1. The van der Waals surface area contributed by atoms with Crippen molar-refractivity contribution >= 4 is 53.3 Å². The van der Waals surface area contributed by atoms with E-state index in [0.29, 0.717) is 69.6 Å². The van der Waals surface area contributed by atoms with Crippen LogP contribution in [0.25, 0.3) is 0 Å². The van der Waals surface area contributed by atoms with Gasteiger partial charge >= 0.3 is 395 Å². The van der Waals surface area contributed by atoms with Gasteiger partial charge in [0, 0.05) is 0 Å². The van der Waals surface area contributed by atoms with Crippen LogP contribution in [0.2, 0.25) is 0 Å². The Bertz CT molecular complexity index is 2360. The van der Waals surface area contributed by atoms with Crippen molar-refractivity contribution in [3.05, 3.63) is 211 Å². The monoisotopic (exact) mass is 966 g/mol. The first kappa shape index (κ1) is 47.7. The Morgan fingerprint density at radius 2 is 0.618 bits per heavy atom. The molecule has 2 fully saturated rings. The van der Waals surface area contributed by atoms with E-state index in [1.165, 1.54) is 0 Å². The molecule has 7 aromatic rings. The molecule has 5 nitrogen and oxygen atoms in total. The molecule has 14 heteroatoms. The summed E-state index contributed by atoms with van der Waals surface area (Å²) in [5.74, 6) is -0.796. The maximum absolute atomic E-state index is 14.8. The van der Waals surface area contributed by atoms with Crippen LogP contribution in [-0.2, 0) is 30.3 Å². The molecule has 0 atom stereocenters. The molecular weight excluding hydrogens is 915 g/mol. The molecule has 7 aromatic carbocycles. The molecule has 0 amide bonds. The molecule has 0 N–H and O–H groups in total. The van der Waals surface area contributed by atoms with Crippen LogP contribution in [-0.4, -0.2) is 19.5 Å². The Morgan fingerprint density at radius 1 is 0.368 bits per heavy atom. The fourth-order valence-corrected chi connectivity index (χ4v) is 20.0. The number of hydrogen-bond acceptors (Lipinski definition) is 5. The summed E-state index contributed by atoms with van der Waals surface area (Å²) in [6, 6.07) is 57.2. The third-order valence-corrected chi connectivity index (χ3v) is 23.0. The van der Waals surface area contributed by atoms with Crippen LogP contribution < -0.4 is 36.5 Å². The van der Waals surface area contributed by atoms with Crippen LogP contribution in [0.3, 0.4) is 0 Å². The van der Waals surface area contributed by atoms with Crippen molar-refractivity contribution in [1.29, 1.82) is 0 Å². The number of halogens is 6. The zero-order chi connectivity index (χ0) is 47.3. The third kappa shape index (κ3) is 8.81. The zero-order valence-electron chi connectivity index (χ0n) is 37.1. The molecule has 0 aliphatic heterocycles. The number of rotatable bonds is 16. The summed E-state index contributed by atoms with van der Waals surface area (Å²) in [6.45, 7) is 0. The first-order chi connectivity index (χ1) is 32.8. The van der Waals surface area contributed by atoms with Gasteiger partial charge in [-0.3, -0.25) is 0 Å². The van der Waals surface area contributed by atoms with Crippen molar-refractivity contribution in [1.82, 2.24) is 0 Å². The second-order valence-electron chi connectivity index (χ2n) is 17.3. The Balaban J connectivity index is 1.43. The number of hydrogen-bond donors (Lipinski definition) is 0. The van der Waals surface area contributed by atoms with E-state index in [2.05, 4.69) is 0 Å². The molecule has 0 saturated heterocycles. The number of benzene rings is 7. The van der Waals surface area contributed by atoms with Gasteiger partial charge in [-0.15, -0.1) is 0 Å². The molecule has 0 bridgehead atoms. The minimum atomic E-state index is -5.19. The van der Waals surface area contributed by atoms with Gasteiger partial charge < -0.3 is 0 Å². The normalized spacial score (nSPS) is 16.4. The van der Waals surface area contributed by atoms with Gasteiger partial charge in [0.05, 0.1) is 0 Å². The van der Waals surface area contributed by atoms with Crippen LogP contribution in [0.1, 0.15) is 62.5 Å². The van der Waals surface area contributed by atoms with Crippen LogP contribution in [0.4, 0.5) is 26.3 Å². The zero-order valence-corrected chi connectivity index (χ0v) is 38.9. The molecule has 2 aliphatic carbocycles. The van der Waals surface area contributed by atoms with Crippen molar-refractivity contribution in [2.75, 3.05) is 0 Å². The van der Waals surface area contributed by atoms with E-state index >= 15 is 0 Å². The van der Waals surface area contributed by atoms with Crippen LogP contribution in [0, 0.1) is 0 Å². The average Bonchev–Trinajstić information content (AvgIpc) is 4.09. The molecule has 2 saturated carbocycles. The minimum absolute atomic E-state index is 0.0752. The van der Waals surface area contributed by atoms with Crippen molar-refractivity contribution in [2.45, 2.75) is 75.9 Å². The molecule has 0 radical (unpaired) electrons. The third-order valence-electron chi connectivity index (χ3n) is 13.0. The fraction of sp³-hybridized carbons (Fsp3) is 0.222. The van der Waals surface area contributed by atoms with Crippen LogP contribution in [0.15, 0.2) is 200 Å². The molecule has 0 unspecified atom stereocenters. The molecule has 0 spiro atoms. The Kier molecular flexibility index (Phi) is 13.5. The quantitative estimate of drug-likeness (QED) is 0.0549. The first-order valence-electron chi connectivity index (χ1n) is 22.9. The van der Waals surface area contributed by atoms with Gasteiger partial charge in [0.1, 0.15) is 0 Å². The average molecular weight is 967 g/mol. The van der Waals surface area contributed by atoms with E-state index in [1.54, 1.807) is 0 Å². The van der Waals surface area contributed by atoms with Gasteiger partial charge in [0.2, 0.25) is 0 Å². The van der Waals surface area contributed by atoms with Crippen molar-refractivity contribution in [3.63, 3.8) is 0 Å². The Morgan fingerprint density at radius 3 is 0.853 bits per heavy atom. The number of alkyl halides is 6. The summed E-state index contributed by atoms with van der Waals surface area (Å²) in [7, 11) is -12.4. The van der Waals surface area contributed by atoms with E-state index in [0.717, 1.165) is 25.7 Å². The molecule has 0 aromatic heterocycles. The molecule has 68 heavy (non-hydrogen) atoms. The fourth-order valence-electron chi connectivity index (χ4n) is 9.92. The summed E-state index contributed by atoms with van der Waals surface area (Å²) in [5, 5.41) is 3.40. The van der Waals surface area contributed by atoms with E-state index in [-0.39, 0.29) is 6.07 Å². The summed E-state index contributed by atoms with van der Waals surface area (Å²) in [4.78, 5) is 0. The summed E-state index contributed by atoms with van der Waals surface area (Å²) in [6.07, 6.45) is -5.12. The van der Waals surface area contributed by atoms with Gasteiger partial charge in [0.25, 0.3) is 0 Å². The summed E-state index contributed by atoms with van der Waals surface area (Å²) < 4.78 is 127.